The third kappa shape index (κ3) is 6.24. The molecule has 0 heterocycles. The Balaban J connectivity index is 2.53. The Morgan fingerprint density at radius 2 is 1.81 bits per heavy atom. The summed E-state index contributed by atoms with van der Waals surface area (Å²) in [4.78, 5) is 12.1. The number of rotatable bonds is 4. The highest BCUT2D eigenvalue weighted by Gasteiger charge is 2.47. The van der Waals surface area contributed by atoms with Crippen molar-refractivity contribution in [1.82, 2.24) is 5.32 Å². The number of hydrogen-bond donors (Lipinski definition) is 2. The molecule has 3 unspecified atom stereocenters. The van der Waals surface area contributed by atoms with Crippen LogP contribution >= 0.6 is 0 Å². The molecule has 3 atom stereocenters. The molecule has 0 aromatic rings. The summed E-state index contributed by atoms with van der Waals surface area (Å²) in [5, 5.41) is 2.61. The standard InChI is InChI=1S/C15H27F3N2O/c1-14(2,3)8-10(19)9-20-13(21)11-6-4-5-7-12(11)15(16,17)18/h10-12H,4-9,19H2,1-3H3,(H,20,21). The zero-order chi connectivity index (χ0) is 16.3. The molecule has 3 N–H and O–H groups in total. The molecule has 1 amide bonds. The van der Waals surface area contributed by atoms with Crippen LogP contribution in [0, 0.1) is 17.3 Å². The fourth-order valence-electron chi connectivity index (χ4n) is 3.06. The number of carbonyl (C=O) groups is 1. The van der Waals surface area contributed by atoms with E-state index in [9.17, 15) is 18.0 Å². The molecule has 1 fully saturated rings. The quantitative estimate of drug-likeness (QED) is 0.837. The monoisotopic (exact) mass is 308 g/mol. The second-order valence-corrected chi connectivity index (χ2v) is 7.31. The van der Waals surface area contributed by atoms with E-state index in [4.69, 9.17) is 5.73 Å². The number of hydrogen-bond acceptors (Lipinski definition) is 2. The molecule has 1 saturated carbocycles. The Morgan fingerprint density at radius 1 is 1.24 bits per heavy atom. The molecule has 1 aliphatic rings. The predicted octanol–water partition coefficient (Wildman–Crippen LogP) is 3.23. The van der Waals surface area contributed by atoms with Gasteiger partial charge in [0.2, 0.25) is 5.91 Å². The minimum absolute atomic E-state index is 0.0312. The van der Waals surface area contributed by atoms with Gasteiger partial charge in [0.1, 0.15) is 0 Å². The van der Waals surface area contributed by atoms with Crippen LogP contribution in [0.25, 0.3) is 0 Å². The Kier molecular flexibility index (Phi) is 6.08. The van der Waals surface area contributed by atoms with Crippen LogP contribution in [0.3, 0.4) is 0 Å². The maximum Gasteiger partial charge on any atom is 0.392 e. The molecular formula is C15H27F3N2O. The van der Waals surface area contributed by atoms with Crippen LogP contribution in [0.4, 0.5) is 13.2 Å². The Morgan fingerprint density at radius 3 is 2.33 bits per heavy atom. The zero-order valence-electron chi connectivity index (χ0n) is 13.1. The lowest BCUT2D eigenvalue weighted by atomic mass is 9.78. The number of carbonyl (C=O) groups excluding carboxylic acids is 1. The lowest BCUT2D eigenvalue weighted by Gasteiger charge is -2.32. The number of alkyl halides is 3. The van der Waals surface area contributed by atoms with Crippen molar-refractivity contribution in [3.05, 3.63) is 0 Å². The number of halogens is 3. The molecule has 21 heavy (non-hydrogen) atoms. The van der Waals surface area contributed by atoms with Crippen LogP contribution < -0.4 is 11.1 Å². The molecule has 0 aliphatic heterocycles. The van der Waals surface area contributed by atoms with E-state index in [2.05, 4.69) is 5.32 Å². The van der Waals surface area contributed by atoms with Gasteiger partial charge in [-0.2, -0.15) is 13.2 Å². The van der Waals surface area contributed by atoms with Crippen LogP contribution in [0.2, 0.25) is 0 Å². The molecule has 6 heteroatoms. The van der Waals surface area contributed by atoms with Crippen LogP contribution in [-0.4, -0.2) is 24.7 Å². The average molecular weight is 308 g/mol. The minimum Gasteiger partial charge on any atom is -0.354 e. The highest BCUT2D eigenvalue weighted by molar-refractivity contribution is 5.79. The summed E-state index contributed by atoms with van der Waals surface area (Å²) >= 11 is 0. The number of nitrogens with two attached hydrogens (primary N) is 1. The highest BCUT2D eigenvalue weighted by Crippen LogP contribution is 2.41. The van der Waals surface area contributed by atoms with Gasteiger partial charge >= 0.3 is 6.18 Å². The van der Waals surface area contributed by atoms with Crippen LogP contribution in [0.1, 0.15) is 52.9 Å². The van der Waals surface area contributed by atoms with Crippen molar-refractivity contribution >= 4 is 5.91 Å². The topological polar surface area (TPSA) is 55.1 Å². The normalized spacial score (nSPS) is 25.5. The first kappa shape index (κ1) is 18.3. The molecule has 0 aromatic carbocycles. The first-order valence-corrected chi connectivity index (χ1v) is 7.61. The summed E-state index contributed by atoms with van der Waals surface area (Å²) in [7, 11) is 0. The van der Waals surface area contributed by atoms with E-state index in [-0.39, 0.29) is 24.4 Å². The smallest absolute Gasteiger partial charge is 0.354 e. The number of amides is 1. The van der Waals surface area contributed by atoms with Crippen molar-refractivity contribution in [3.63, 3.8) is 0 Å². The molecule has 0 saturated heterocycles. The highest BCUT2D eigenvalue weighted by atomic mass is 19.4. The second-order valence-electron chi connectivity index (χ2n) is 7.31. The lowest BCUT2D eigenvalue weighted by Crippen LogP contribution is -2.46. The fourth-order valence-corrected chi connectivity index (χ4v) is 3.06. The van der Waals surface area contributed by atoms with Gasteiger partial charge in [0.15, 0.2) is 0 Å². The maximum absolute atomic E-state index is 13.0. The molecule has 0 radical (unpaired) electrons. The van der Waals surface area contributed by atoms with Crippen molar-refractivity contribution in [1.29, 1.82) is 0 Å². The zero-order valence-corrected chi connectivity index (χ0v) is 13.1. The molecule has 0 aromatic heterocycles. The lowest BCUT2D eigenvalue weighted by molar-refractivity contribution is -0.198. The van der Waals surface area contributed by atoms with E-state index in [1.165, 1.54) is 0 Å². The van der Waals surface area contributed by atoms with Crippen LogP contribution in [0.5, 0.6) is 0 Å². The summed E-state index contributed by atoms with van der Waals surface area (Å²) in [6.07, 6.45) is -2.01. The van der Waals surface area contributed by atoms with Crippen molar-refractivity contribution in [2.45, 2.75) is 65.1 Å². The van der Waals surface area contributed by atoms with Gasteiger partial charge in [0, 0.05) is 18.5 Å². The maximum atomic E-state index is 13.0. The van der Waals surface area contributed by atoms with E-state index < -0.39 is 23.9 Å². The van der Waals surface area contributed by atoms with E-state index in [0.717, 1.165) is 0 Å². The van der Waals surface area contributed by atoms with Crippen molar-refractivity contribution in [2.24, 2.45) is 23.0 Å². The Bertz CT molecular complexity index is 350. The molecule has 124 valence electrons. The third-order valence-electron chi connectivity index (χ3n) is 3.94. The SMILES string of the molecule is CC(C)(C)CC(N)CNC(=O)C1CCCCC1C(F)(F)F. The van der Waals surface area contributed by atoms with Gasteiger partial charge in [-0.3, -0.25) is 4.79 Å². The van der Waals surface area contributed by atoms with E-state index >= 15 is 0 Å². The summed E-state index contributed by atoms with van der Waals surface area (Å²) < 4.78 is 38.9. The van der Waals surface area contributed by atoms with Gasteiger partial charge in [0.25, 0.3) is 0 Å². The third-order valence-corrected chi connectivity index (χ3v) is 3.94. The van der Waals surface area contributed by atoms with Crippen molar-refractivity contribution in [2.75, 3.05) is 6.54 Å². The van der Waals surface area contributed by atoms with E-state index in [0.29, 0.717) is 25.7 Å². The molecular weight excluding hydrogens is 281 g/mol. The number of nitrogens with one attached hydrogen (secondary N) is 1. The predicted molar refractivity (Wildman–Crippen MR) is 76.6 cm³/mol. The van der Waals surface area contributed by atoms with E-state index in [1.54, 1.807) is 0 Å². The Labute approximate surface area is 124 Å². The van der Waals surface area contributed by atoms with Gasteiger partial charge < -0.3 is 11.1 Å². The van der Waals surface area contributed by atoms with Crippen LogP contribution in [0.15, 0.2) is 0 Å². The summed E-state index contributed by atoms with van der Waals surface area (Å²) in [6.45, 7) is 6.34. The largest absolute Gasteiger partial charge is 0.392 e. The summed E-state index contributed by atoms with van der Waals surface area (Å²) in [5.74, 6) is -2.97. The first-order valence-electron chi connectivity index (χ1n) is 7.61. The molecule has 1 rings (SSSR count). The van der Waals surface area contributed by atoms with Gasteiger partial charge in [-0.05, 0) is 24.7 Å². The van der Waals surface area contributed by atoms with E-state index in [1.807, 2.05) is 20.8 Å². The van der Waals surface area contributed by atoms with Crippen molar-refractivity contribution in [3.8, 4) is 0 Å². The Hall–Kier alpha value is -0.780. The van der Waals surface area contributed by atoms with Crippen molar-refractivity contribution < 1.29 is 18.0 Å². The van der Waals surface area contributed by atoms with Crippen LogP contribution in [-0.2, 0) is 4.79 Å². The summed E-state index contributed by atoms with van der Waals surface area (Å²) in [6, 6.07) is -0.234. The molecule has 0 bridgehead atoms. The molecule has 3 nitrogen and oxygen atoms in total. The summed E-state index contributed by atoms with van der Waals surface area (Å²) in [5.41, 5.74) is 5.95. The van der Waals surface area contributed by atoms with Gasteiger partial charge in [-0.1, -0.05) is 33.6 Å². The van der Waals surface area contributed by atoms with Gasteiger partial charge in [0.05, 0.1) is 5.92 Å². The average Bonchev–Trinajstić information content (AvgIpc) is 2.33. The first-order chi connectivity index (χ1) is 9.50. The van der Waals surface area contributed by atoms with Gasteiger partial charge in [-0.25, -0.2) is 0 Å². The molecule has 0 spiro atoms. The minimum atomic E-state index is -4.30. The fraction of sp³-hybridized carbons (Fsp3) is 0.933. The van der Waals surface area contributed by atoms with Gasteiger partial charge in [-0.15, -0.1) is 0 Å². The second kappa shape index (κ2) is 6.99. The molecule has 1 aliphatic carbocycles.